The van der Waals surface area contributed by atoms with Crippen molar-refractivity contribution in [1.82, 2.24) is 0 Å². The summed E-state index contributed by atoms with van der Waals surface area (Å²) in [6.07, 6.45) is 4.64. The molecule has 0 heteroatoms. The molecule has 0 aliphatic heterocycles. The average molecular weight is 150 g/mol. The summed E-state index contributed by atoms with van der Waals surface area (Å²) in [7, 11) is 0. The number of hydrogen-bond donors (Lipinski definition) is 0. The summed E-state index contributed by atoms with van der Waals surface area (Å²) in [5.74, 6) is 3.29. The molecular weight excluding hydrogens is 132 g/mol. The van der Waals surface area contributed by atoms with E-state index in [-0.39, 0.29) is 0 Å². The van der Waals surface area contributed by atoms with E-state index in [0.29, 0.717) is 0 Å². The Morgan fingerprint density at radius 1 is 1.18 bits per heavy atom. The van der Waals surface area contributed by atoms with Gasteiger partial charge >= 0.3 is 0 Å². The molecule has 3 saturated carbocycles. The highest BCUT2D eigenvalue weighted by atomic mass is 14.9. The van der Waals surface area contributed by atoms with Gasteiger partial charge in [0.1, 0.15) is 0 Å². The molecule has 0 aromatic heterocycles. The second-order valence-corrected chi connectivity index (χ2v) is 5.70. The lowest BCUT2D eigenvalue weighted by Crippen LogP contribution is -2.06. The van der Waals surface area contributed by atoms with Crippen LogP contribution in [-0.4, -0.2) is 0 Å². The second kappa shape index (κ2) is 1.41. The quantitative estimate of drug-likeness (QED) is 0.498. The molecule has 3 aliphatic carbocycles. The molecule has 0 heterocycles. The van der Waals surface area contributed by atoms with Crippen LogP contribution in [0.25, 0.3) is 0 Å². The summed E-state index contributed by atoms with van der Waals surface area (Å²) in [5, 5.41) is 0. The number of rotatable bonds is 0. The Kier molecular flexibility index (Phi) is 0.832. The monoisotopic (exact) mass is 150 g/mol. The van der Waals surface area contributed by atoms with Crippen molar-refractivity contribution in [2.75, 3.05) is 0 Å². The lowest BCUT2D eigenvalue weighted by atomic mass is 9.90. The molecule has 0 radical (unpaired) electrons. The van der Waals surface area contributed by atoms with Crippen molar-refractivity contribution in [1.29, 1.82) is 0 Å². The van der Waals surface area contributed by atoms with E-state index in [2.05, 4.69) is 20.8 Å². The molecule has 0 N–H and O–H groups in total. The Morgan fingerprint density at radius 2 is 1.91 bits per heavy atom. The number of hydrogen-bond acceptors (Lipinski definition) is 0. The molecule has 3 aliphatic rings. The van der Waals surface area contributed by atoms with Crippen molar-refractivity contribution in [3.05, 3.63) is 0 Å². The highest BCUT2D eigenvalue weighted by Crippen LogP contribution is 2.89. The van der Waals surface area contributed by atoms with Crippen molar-refractivity contribution in [3.8, 4) is 0 Å². The van der Waals surface area contributed by atoms with E-state index in [1.54, 1.807) is 12.8 Å². The van der Waals surface area contributed by atoms with Crippen LogP contribution in [0.4, 0.5) is 0 Å². The Hall–Kier alpha value is 0. The van der Waals surface area contributed by atoms with E-state index in [4.69, 9.17) is 0 Å². The molecule has 11 heavy (non-hydrogen) atoms. The summed E-state index contributed by atoms with van der Waals surface area (Å²) in [6.45, 7) is 7.47. The SMILES string of the molecule is CC1CCC2CC23[C@H]1C3(C)C. The molecule has 0 nitrogen and oxygen atoms in total. The Labute approximate surface area is 69.4 Å². The summed E-state index contributed by atoms with van der Waals surface area (Å²) >= 11 is 0. The average Bonchev–Trinajstić information content (AvgIpc) is 2.70. The van der Waals surface area contributed by atoms with Crippen molar-refractivity contribution >= 4 is 0 Å². The summed E-state index contributed by atoms with van der Waals surface area (Å²) < 4.78 is 0. The predicted molar refractivity (Wildman–Crippen MR) is 46.2 cm³/mol. The van der Waals surface area contributed by atoms with Crippen LogP contribution in [0.2, 0.25) is 0 Å². The maximum absolute atomic E-state index is 2.50. The van der Waals surface area contributed by atoms with Gasteiger partial charge in [-0.15, -0.1) is 0 Å². The topological polar surface area (TPSA) is 0 Å². The minimum atomic E-state index is 0.730. The largest absolute Gasteiger partial charge is 0.0622 e. The van der Waals surface area contributed by atoms with Gasteiger partial charge in [0.05, 0.1) is 0 Å². The van der Waals surface area contributed by atoms with Crippen LogP contribution >= 0.6 is 0 Å². The zero-order valence-electron chi connectivity index (χ0n) is 7.85. The van der Waals surface area contributed by atoms with E-state index in [9.17, 15) is 0 Å². The second-order valence-electron chi connectivity index (χ2n) is 5.70. The van der Waals surface area contributed by atoms with Gasteiger partial charge in [-0.25, -0.2) is 0 Å². The van der Waals surface area contributed by atoms with E-state index in [0.717, 1.165) is 28.6 Å². The van der Waals surface area contributed by atoms with Crippen LogP contribution in [0.1, 0.15) is 40.0 Å². The van der Waals surface area contributed by atoms with Crippen molar-refractivity contribution in [2.45, 2.75) is 40.0 Å². The Balaban J connectivity index is 1.98. The third kappa shape index (κ3) is 0.467. The first-order valence-electron chi connectivity index (χ1n) is 5.11. The first-order chi connectivity index (χ1) is 5.11. The third-order valence-corrected chi connectivity index (χ3v) is 5.14. The Morgan fingerprint density at radius 3 is 2.55 bits per heavy atom. The summed E-state index contributed by atoms with van der Waals surface area (Å²) in [6, 6.07) is 0. The van der Waals surface area contributed by atoms with Crippen molar-refractivity contribution in [2.24, 2.45) is 28.6 Å². The van der Waals surface area contributed by atoms with E-state index in [1.807, 2.05) is 0 Å². The first kappa shape index (κ1) is 6.51. The van der Waals surface area contributed by atoms with Gasteiger partial charge in [0.25, 0.3) is 0 Å². The molecule has 0 amide bonds. The van der Waals surface area contributed by atoms with Crippen LogP contribution in [0.5, 0.6) is 0 Å². The van der Waals surface area contributed by atoms with Gasteiger partial charge in [-0.2, -0.15) is 0 Å². The van der Waals surface area contributed by atoms with Gasteiger partial charge in [0.15, 0.2) is 0 Å². The molecule has 4 atom stereocenters. The molecule has 0 aromatic carbocycles. The van der Waals surface area contributed by atoms with Crippen LogP contribution in [0.3, 0.4) is 0 Å². The van der Waals surface area contributed by atoms with Crippen molar-refractivity contribution in [3.63, 3.8) is 0 Å². The minimum Gasteiger partial charge on any atom is -0.0622 e. The standard InChI is InChI=1S/C11H18/c1-7-4-5-8-6-11(8)9(7)10(11,2)3/h7-9H,4-6H2,1-3H3/t7?,8?,9-,11?/m1/s1. The highest BCUT2D eigenvalue weighted by molar-refractivity contribution is 5.31. The fourth-order valence-corrected chi connectivity index (χ4v) is 4.66. The first-order valence-corrected chi connectivity index (χ1v) is 5.11. The predicted octanol–water partition coefficient (Wildman–Crippen LogP) is 3.08. The van der Waals surface area contributed by atoms with Gasteiger partial charge in [-0.05, 0) is 41.4 Å². The van der Waals surface area contributed by atoms with Gasteiger partial charge in [0.2, 0.25) is 0 Å². The minimum absolute atomic E-state index is 0.730. The van der Waals surface area contributed by atoms with E-state index in [1.165, 1.54) is 6.42 Å². The van der Waals surface area contributed by atoms with Gasteiger partial charge in [-0.3, -0.25) is 0 Å². The van der Waals surface area contributed by atoms with Crippen LogP contribution in [0, 0.1) is 28.6 Å². The van der Waals surface area contributed by atoms with Gasteiger partial charge in [0, 0.05) is 0 Å². The van der Waals surface area contributed by atoms with E-state index >= 15 is 0 Å². The molecule has 3 rings (SSSR count). The van der Waals surface area contributed by atoms with Gasteiger partial charge < -0.3 is 0 Å². The molecule has 3 fully saturated rings. The summed E-state index contributed by atoms with van der Waals surface area (Å²) in [4.78, 5) is 0. The van der Waals surface area contributed by atoms with Gasteiger partial charge in [-0.1, -0.05) is 27.2 Å². The third-order valence-electron chi connectivity index (χ3n) is 5.14. The lowest BCUT2D eigenvalue weighted by molar-refractivity contribution is 0.349. The molecule has 0 aromatic rings. The smallest absolute Gasteiger partial charge is 0.0176 e. The molecule has 0 bridgehead atoms. The fraction of sp³-hybridized carbons (Fsp3) is 1.00. The Bertz CT molecular complexity index is 216. The maximum Gasteiger partial charge on any atom is -0.0176 e. The molecule has 3 unspecified atom stereocenters. The maximum atomic E-state index is 2.50. The molecule has 62 valence electrons. The molecule has 1 spiro atoms. The van der Waals surface area contributed by atoms with Crippen LogP contribution in [-0.2, 0) is 0 Å². The fourth-order valence-electron chi connectivity index (χ4n) is 4.66. The summed E-state index contributed by atoms with van der Waals surface area (Å²) in [5.41, 5.74) is 1.61. The van der Waals surface area contributed by atoms with Crippen LogP contribution < -0.4 is 0 Å². The van der Waals surface area contributed by atoms with Crippen LogP contribution in [0.15, 0.2) is 0 Å². The zero-order valence-corrected chi connectivity index (χ0v) is 7.85. The lowest BCUT2D eigenvalue weighted by Gasteiger charge is -2.15. The molecular formula is C11H18. The highest BCUT2D eigenvalue weighted by Gasteiger charge is 2.83. The normalized spacial score (nSPS) is 63.0. The zero-order chi connectivity index (χ0) is 7.85. The van der Waals surface area contributed by atoms with Crippen molar-refractivity contribution < 1.29 is 0 Å². The molecule has 0 saturated heterocycles. The van der Waals surface area contributed by atoms with E-state index < -0.39 is 0 Å².